The number of ether oxygens (including phenoxy) is 2. The standard InChI is InChI=1S/C45H91NO5/c1-5-8-11-14-19-26-33-42(4)51-44(48)36-29-22-17-23-30-37-46(39-40-47)38-31-24-18-25-32-41-50-45(49)43(34-27-20-15-12-9-6-2)35-28-21-16-13-10-7-3/h42-44,47-48H,5-41H2,1-4H3. The second-order valence-electron chi connectivity index (χ2n) is 15.8. The van der Waals surface area contributed by atoms with E-state index in [-0.39, 0.29) is 24.6 Å². The molecule has 0 aromatic rings. The van der Waals surface area contributed by atoms with Crippen LogP contribution >= 0.6 is 0 Å². The van der Waals surface area contributed by atoms with Gasteiger partial charge in [0.05, 0.1) is 25.2 Å². The molecule has 306 valence electrons. The lowest BCUT2D eigenvalue weighted by molar-refractivity contribution is -0.149. The van der Waals surface area contributed by atoms with Gasteiger partial charge >= 0.3 is 5.97 Å². The molecule has 0 radical (unpaired) electrons. The van der Waals surface area contributed by atoms with Crippen LogP contribution in [0.15, 0.2) is 0 Å². The monoisotopic (exact) mass is 726 g/mol. The minimum absolute atomic E-state index is 0.0621. The van der Waals surface area contributed by atoms with Gasteiger partial charge in [0.15, 0.2) is 6.29 Å². The number of hydrogen-bond donors (Lipinski definition) is 2. The van der Waals surface area contributed by atoms with Crippen LogP contribution < -0.4 is 0 Å². The molecule has 2 atom stereocenters. The van der Waals surface area contributed by atoms with Crippen molar-refractivity contribution in [3.8, 4) is 0 Å². The Morgan fingerprint density at radius 3 is 1.37 bits per heavy atom. The summed E-state index contributed by atoms with van der Waals surface area (Å²) in [5.41, 5.74) is 0. The number of aliphatic hydroxyl groups is 2. The van der Waals surface area contributed by atoms with Crippen molar-refractivity contribution >= 4 is 5.97 Å². The Labute approximate surface area is 319 Å². The van der Waals surface area contributed by atoms with Gasteiger partial charge in [0.25, 0.3) is 0 Å². The van der Waals surface area contributed by atoms with Crippen molar-refractivity contribution in [3.05, 3.63) is 0 Å². The molecule has 0 aliphatic heterocycles. The molecule has 0 aromatic heterocycles. The summed E-state index contributed by atoms with van der Waals surface area (Å²) in [5.74, 6) is 0.160. The minimum Gasteiger partial charge on any atom is -0.465 e. The van der Waals surface area contributed by atoms with Gasteiger partial charge < -0.3 is 24.6 Å². The largest absolute Gasteiger partial charge is 0.465 e. The predicted octanol–water partition coefficient (Wildman–Crippen LogP) is 12.7. The molecule has 0 aliphatic rings. The third-order valence-electron chi connectivity index (χ3n) is 10.7. The number of rotatable bonds is 42. The van der Waals surface area contributed by atoms with Crippen LogP contribution in [0, 0.1) is 5.92 Å². The van der Waals surface area contributed by atoms with Gasteiger partial charge in [-0.1, -0.05) is 175 Å². The molecule has 0 bridgehead atoms. The average molecular weight is 726 g/mol. The van der Waals surface area contributed by atoms with E-state index in [1.807, 2.05) is 0 Å². The number of hydrogen-bond acceptors (Lipinski definition) is 6. The number of carbonyl (C=O) groups is 1. The van der Waals surface area contributed by atoms with Gasteiger partial charge in [-0.3, -0.25) is 4.79 Å². The van der Waals surface area contributed by atoms with E-state index < -0.39 is 6.29 Å². The third-order valence-corrected chi connectivity index (χ3v) is 10.7. The highest BCUT2D eigenvalue weighted by atomic mass is 16.6. The SMILES string of the molecule is CCCCCCCCC(C)OC(O)CCCCCCCN(CCO)CCCCCCCOC(=O)C(CCCCCCCC)CCCCCCCC. The lowest BCUT2D eigenvalue weighted by Crippen LogP contribution is -2.29. The fourth-order valence-corrected chi connectivity index (χ4v) is 7.26. The van der Waals surface area contributed by atoms with Crippen LogP contribution in [-0.2, 0) is 14.3 Å². The van der Waals surface area contributed by atoms with Gasteiger partial charge in [-0.2, -0.15) is 0 Å². The van der Waals surface area contributed by atoms with Crippen molar-refractivity contribution in [2.75, 3.05) is 32.8 Å². The Kier molecular flexibility index (Phi) is 39.9. The van der Waals surface area contributed by atoms with E-state index in [0.29, 0.717) is 6.61 Å². The molecule has 0 spiro atoms. The van der Waals surface area contributed by atoms with Crippen LogP contribution in [0.5, 0.6) is 0 Å². The van der Waals surface area contributed by atoms with Crippen molar-refractivity contribution in [2.45, 2.75) is 246 Å². The lowest BCUT2D eigenvalue weighted by Gasteiger charge is -2.21. The van der Waals surface area contributed by atoms with E-state index in [9.17, 15) is 15.0 Å². The molecule has 0 rings (SSSR count). The zero-order valence-corrected chi connectivity index (χ0v) is 35.0. The normalized spacial score (nSPS) is 13.0. The molecule has 2 unspecified atom stereocenters. The first-order valence-electron chi connectivity index (χ1n) is 22.8. The van der Waals surface area contributed by atoms with Crippen LogP contribution in [0.4, 0.5) is 0 Å². The Bertz CT molecular complexity index is 676. The van der Waals surface area contributed by atoms with Gasteiger partial charge in [-0.15, -0.1) is 0 Å². The fraction of sp³-hybridized carbons (Fsp3) is 0.978. The number of aliphatic hydroxyl groups excluding tert-OH is 2. The van der Waals surface area contributed by atoms with E-state index in [1.165, 1.54) is 135 Å². The summed E-state index contributed by atoms with van der Waals surface area (Å²) in [6.07, 6.45) is 37.7. The average Bonchev–Trinajstić information content (AvgIpc) is 3.12. The van der Waals surface area contributed by atoms with Crippen molar-refractivity contribution < 1.29 is 24.5 Å². The smallest absolute Gasteiger partial charge is 0.308 e. The molecule has 0 saturated carbocycles. The summed E-state index contributed by atoms with van der Waals surface area (Å²) in [7, 11) is 0. The maximum Gasteiger partial charge on any atom is 0.308 e. The number of unbranched alkanes of at least 4 members (excludes halogenated alkanes) is 23. The van der Waals surface area contributed by atoms with Crippen LogP contribution in [0.2, 0.25) is 0 Å². The summed E-state index contributed by atoms with van der Waals surface area (Å²) in [4.78, 5) is 15.4. The maximum absolute atomic E-state index is 13.0. The van der Waals surface area contributed by atoms with Gasteiger partial charge in [0.2, 0.25) is 0 Å². The van der Waals surface area contributed by atoms with Crippen LogP contribution in [0.3, 0.4) is 0 Å². The summed E-state index contributed by atoms with van der Waals surface area (Å²) < 4.78 is 11.6. The van der Waals surface area contributed by atoms with Gasteiger partial charge in [0, 0.05) is 6.54 Å². The summed E-state index contributed by atoms with van der Waals surface area (Å²) in [5, 5.41) is 19.8. The number of carbonyl (C=O) groups excluding carboxylic acids is 1. The van der Waals surface area contributed by atoms with E-state index in [1.54, 1.807) is 0 Å². The topological polar surface area (TPSA) is 79.2 Å². The Morgan fingerprint density at radius 2 is 0.902 bits per heavy atom. The molecule has 0 heterocycles. The lowest BCUT2D eigenvalue weighted by atomic mass is 9.94. The van der Waals surface area contributed by atoms with Crippen molar-refractivity contribution in [3.63, 3.8) is 0 Å². The Hall–Kier alpha value is -0.690. The first kappa shape index (κ1) is 50.3. The van der Waals surface area contributed by atoms with Crippen LogP contribution in [0.1, 0.15) is 233 Å². The highest BCUT2D eigenvalue weighted by molar-refractivity contribution is 5.72. The zero-order chi connectivity index (χ0) is 37.5. The van der Waals surface area contributed by atoms with Crippen LogP contribution in [-0.4, -0.2) is 66.3 Å². The van der Waals surface area contributed by atoms with Crippen LogP contribution in [0.25, 0.3) is 0 Å². The maximum atomic E-state index is 13.0. The van der Waals surface area contributed by atoms with E-state index in [4.69, 9.17) is 9.47 Å². The summed E-state index contributed by atoms with van der Waals surface area (Å²) >= 11 is 0. The molecular formula is C45H91NO5. The first-order chi connectivity index (χ1) is 25.0. The fourth-order valence-electron chi connectivity index (χ4n) is 7.26. The third kappa shape index (κ3) is 36.1. The van der Waals surface area contributed by atoms with Gasteiger partial charge in [-0.05, 0) is 71.4 Å². The Morgan fingerprint density at radius 1 is 0.510 bits per heavy atom. The number of esters is 1. The highest BCUT2D eigenvalue weighted by Crippen LogP contribution is 2.21. The summed E-state index contributed by atoms with van der Waals surface area (Å²) in [6.45, 7) is 12.5. The van der Waals surface area contributed by atoms with Crippen molar-refractivity contribution in [1.82, 2.24) is 4.90 Å². The minimum atomic E-state index is -0.623. The molecule has 0 amide bonds. The van der Waals surface area contributed by atoms with Gasteiger partial charge in [0.1, 0.15) is 0 Å². The van der Waals surface area contributed by atoms with E-state index in [2.05, 4.69) is 32.6 Å². The zero-order valence-electron chi connectivity index (χ0n) is 35.0. The molecule has 6 heteroatoms. The predicted molar refractivity (Wildman–Crippen MR) is 219 cm³/mol. The van der Waals surface area contributed by atoms with Gasteiger partial charge in [-0.25, -0.2) is 0 Å². The number of nitrogens with zero attached hydrogens (tertiary/aromatic N) is 1. The molecule has 2 N–H and O–H groups in total. The molecule has 0 aliphatic carbocycles. The quantitative estimate of drug-likeness (QED) is 0.0370. The van der Waals surface area contributed by atoms with Crippen molar-refractivity contribution in [2.24, 2.45) is 5.92 Å². The molecule has 0 aromatic carbocycles. The molecule has 51 heavy (non-hydrogen) atoms. The molecule has 6 nitrogen and oxygen atoms in total. The first-order valence-corrected chi connectivity index (χ1v) is 22.8. The summed E-state index contributed by atoms with van der Waals surface area (Å²) in [6, 6.07) is 0. The van der Waals surface area contributed by atoms with E-state index in [0.717, 1.165) is 90.3 Å². The second-order valence-corrected chi connectivity index (χ2v) is 15.8. The molecular weight excluding hydrogens is 634 g/mol. The van der Waals surface area contributed by atoms with Crippen molar-refractivity contribution in [1.29, 1.82) is 0 Å². The Balaban J connectivity index is 3.98. The second kappa shape index (κ2) is 40.5. The highest BCUT2D eigenvalue weighted by Gasteiger charge is 2.19. The van der Waals surface area contributed by atoms with E-state index >= 15 is 0 Å². The molecule has 0 fully saturated rings. The molecule has 0 saturated heterocycles.